The van der Waals surface area contributed by atoms with Crippen LogP contribution in [0.15, 0.2) is 194 Å². The molecule has 46 heavy (non-hydrogen) atoms. The minimum atomic E-state index is -3.02. The molecule has 7 rings (SSSR count). The van der Waals surface area contributed by atoms with E-state index in [1.165, 1.54) is 31.1 Å². The Morgan fingerprint density at radius 2 is 0.522 bits per heavy atom. The van der Waals surface area contributed by atoms with Crippen LogP contribution in [-0.2, 0) is 0 Å². The zero-order valence-electron chi connectivity index (χ0n) is 25.9. The molecular formula is C43H36OSi2. The second kappa shape index (κ2) is 12.6. The van der Waals surface area contributed by atoms with Gasteiger partial charge in [0.2, 0.25) is 0 Å². The highest BCUT2D eigenvalue weighted by Gasteiger charge is 2.48. The van der Waals surface area contributed by atoms with Gasteiger partial charge in [-0.15, -0.1) is 0 Å². The van der Waals surface area contributed by atoms with Gasteiger partial charge in [0.25, 0.3) is 0 Å². The predicted molar refractivity (Wildman–Crippen MR) is 200 cm³/mol. The number of benzene rings is 7. The number of hydrogen-bond acceptors (Lipinski definition) is 1. The molecule has 222 valence electrons. The molecule has 0 saturated carbocycles. The molecule has 0 aliphatic heterocycles. The van der Waals surface area contributed by atoms with Crippen molar-refractivity contribution in [3.05, 3.63) is 200 Å². The number of phenols is 1. The Hall–Kier alpha value is -5.23. The number of rotatable bonds is 8. The van der Waals surface area contributed by atoms with Gasteiger partial charge in [-0.1, -0.05) is 200 Å². The summed E-state index contributed by atoms with van der Waals surface area (Å²) < 4.78 is 0. The molecule has 0 amide bonds. The summed E-state index contributed by atoms with van der Waals surface area (Å²) in [6.45, 7) is 2.19. The molecule has 3 heteroatoms. The largest absolute Gasteiger partial charge is 0.508 e. The molecule has 0 aliphatic carbocycles. The van der Waals surface area contributed by atoms with Gasteiger partial charge in [-0.2, -0.15) is 0 Å². The number of phenolic OH excluding ortho intramolecular Hbond substituents is 1. The first-order chi connectivity index (χ1) is 22.7. The van der Waals surface area contributed by atoms with E-state index in [1.54, 1.807) is 0 Å². The van der Waals surface area contributed by atoms with Crippen molar-refractivity contribution in [1.29, 1.82) is 0 Å². The topological polar surface area (TPSA) is 20.2 Å². The SMILES string of the molecule is Cc1cc([Si](c2ccccc2)(c2ccccc2)c2ccccc2)c(O)c([Si](c2ccccc2)(c2ccccc2)c2ccccc2)c1. The standard InChI is InChI=1S/C43H36OSi2/c1-34-32-41(45(35-20-8-2-9-21-35,36-22-10-3-11-23-36)37-24-12-4-13-25-37)43(44)42(33-34)46(38-26-14-5-15-27-38,39-28-16-6-17-29-39)40-30-18-7-19-31-40/h2-33,44H,1H3. The molecule has 0 aromatic heterocycles. The Kier molecular flexibility index (Phi) is 8.10. The van der Waals surface area contributed by atoms with Crippen LogP contribution in [0.2, 0.25) is 0 Å². The normalized spacial score (nSPS) is 11.7. The lowest BCUT2D eigenvalue weighted by molar-refractivity contribution is 0.483. The van der Waals surface area contributed by atoms with Crippen molar-refractivity contribution in [2.75, 3.05) is 0 Å². The Morgan fingerprint density at radius 1 is 0.326 bits per heavy atom. The van der Waals surface area contributed by atoms with Gasteiger partial charge in [-0.25, -0.2) is 0 Å². The third kappa shape index (κ3) is 4.85. The molecule has 1 nitrogen and oxygen atoms in total. The number of aryl methyl sites for hydroxylation is 1. The van der Waals surface area contributed by atoms with Crippen LogP contribution in [0.1, 0.15) is 5.56 Å². The van der Waals surface area contributed by atoms with Crippen LogP contribution in [0, 0.1) is 6.92 Å². The molecular weight excluding hydrogens is 589 g/mol. The van der Waals surface area contributed by atoms with Crippen molar-refractivity contribution in [2.45, 2.75) is 6.92 Å². The molecule has 0 bridgehead atoms. The Morgan fingerprint density at radius 3 is 0.717 bits per heavy atom. The summed E-state index contributed by atoms with van der Waals surface area (Å²) >= 11 is 0. The van der Waals surface area contributed by atoms with Gasteiger partial charge in [0.15, 0.2) is 16.1 Å². The first-order valence-electron chi connectivity index (χ1n) is 15.8. The van der Waals surface area contributed by atoms with Crippen LogP contribution in [0.4, 0.5) is 0 Å². The second-order valence-electron chi connectivity index (χ2n) is 11.9. The van der Waals surface area contributed by atoms with Crippen LogP contribution in [0.25, 0.3) is 0 Å². The summed E-state index contributed by atoms with van der Waals surface area (Å²) in [5.74, 6) is 0.400. The van der Waals surface area contributed by atoms with E-state index in [0.29, 0.717) is 5.75 Å². The summed E-state index contributed by atoms with van der Waals surface area (Å²) in [5.41, 5.74) is 1.14. The maximum absolute atomic E-state index is 13.2. The summed E-state index contributed by atoms with van der Waals surface area (Å²) in [5, 5.41) is 22.7. The van der Waals surface area contributed by atoms with Gasteiger partial charge in [0.05, 0.1) is 0 Å². The minimum absolute atomic E-state index is 0.400. The van der Waals surface area contributed by atoms with Crippen molar-refractivity contribution in [1.82, 2.24) is 0 Å². The summed E-state index contributed by atoms with van der Waals surface area (Å²) in [6.07, 6.45) is 0. The van der Waals surface area contributed by atoms with Gasteiger partial charge < -0.3 is 5.11 Å². The molecule has 0 aliphatic rings. The molecule has 0 saturated heterocycles. The lowest BCUT2D eigenvalue weighted by Gasteiger charge is -2.39. The third-order valence-corrected chi connectivity index (χ3v) is 18.9. The van der Waals surface area contributed by atoms with E-state index < -0.39 is 16.1 Å². The monoisotopic (exact) mass is 624 g/mol. The maximum Gasteiger partial charge on any atom is 0.183 e. The fourth-order valence-corrected chi connectivity index (χ4v) is 17.4. The fraction of sp³-hybridized carbons (Fsp3) is 0.0233. The number of aromatic hydroxyl groups is 1. The van der Waals surface area contributed by atoms with Crippen LogP contribution in [-0.4, -0.2) is 21.3 Å². The lowest BCUT2D eigenvalue weighted by atomic mass is 10.2. The molecule has 7 aromatic rings. The van der Waals surface area contributed by atoms with E-state index in [-0.39, 0.29) is 0 Å². The van der Waals surface area contributed by atoms with Gasteiger partial charge in [-0.05, 0) is 48.4 Å². The maximum atomic E-state index is 13.2. The first-order valence-corrected chi connectivity index (χ1v) is 19.8. The molecule has 7 aromatic carbocycles. The predicted octanol–water partition coefficient (Wildman–Crippen LogP) is 4.46. The molecule has 0 heterocycles. The highest BCUT2D eigenvalue weighted by Crippen LogP contribution is 2.21. The van der Waals surface area contributed by atoms with E-state index in [4.69, 9.17) is 0 Å². The molecule has 0 atom stereocenters. The second-order valence-corrected chi connectivity index (χ2v) is 19.4. The van der Waals surface area contributed by atoms with Crippen LogP contribution < -0.4 is 41.5 Å². The quantitative estimate of drug-likeness (QED) is 0.196. The Labute approximate surface area is 274 Å². The summed E-state index contributed by atoms with van der Waals surface area (Å²) in [7, 11) is -6.03. The van der Waals surface area contributed by atoms with Crippen molar-refractivity contribution in [3.63, 3.8) is 0 Å². The van der Waals surface area contributed by atoms with Crippen LogP contribution >= 0.6 is 0 Å². The minimum Gasteiger partial charge on any atom is -0.508 e. The fourth-order valence-electron chi connectivity index (χ4n) is 7.41. The van der Waals surface area contributed by atoms with E-state index in [0.717, 1.165) is 15.9 Å². The van der Waals surface area contributed by atoms with Crippen molar-refractivity contribution < 1.29 is 5.11 Å². The van der Waals surface area contributed by atoms with E-state index >= 15 is 0 Å². The Balaban J connectivity index is 1.68. The van der Waals surface area contributed by atoms with Gasteiger partial charge in [0.1, 0.15) is 5.75 Å². The van der Waals surface area contributed by atoms with Gasteiger partial charge in [-0.3, -0.25) is 0 Å². The Bertz CT molecular complexity index is 1690. The third-order valence-electron chi connectivity index (χ3n) is 9.30. The highest BCUT2D eigenvalue weighted by atomic mass is 28.3. The zero-order valence-corrected chi connectivity index (χ0v) is 27.9. The van der Waals surface area contributed by atoms with Gasteiger partial charge in [0, 0.05) is 0 Å². The first kappa shape index (κ1) is 29.5. The highest BCUT2D eigenvalue weighted by molar-refractivity contribution is 7.22. The molecule has 0 unspecified atom stereocenters. The molecule has 1 N–H and O–H groups in total. The van der Waals surface area contributed by atoms with Crippen molar-refractivity contribution in [2.24, 2.45) is 0 Å². The van der Waals surface area contributed by atoms with Crippen molar-refractivity contribution >= 4 is 57.6 Å². The van der Waals surface area contributed by atoms with Gasteiger partial charge >= 0.3 is 0 Å². The van der Waals surface area contributed by atoms with Crippen molar-refractivity contribution in [3.8, 4) is 5.75 Å². The van der Waals surface area contributed by atoms with E-state index in [1.807, 2.05) is 0 Å². The van der Waals surface area contributed by atoms with E-state index in [2.05, 4.69) is 201 Å². The van der Waals surface area contributed by atoms with Crippen LogP contribution in [0.3, 0.4) is 0 Å². The molecule has 0 fully saturated rings. The zero-order chi connectivity index (χ0) is 31.4. The molecule has 0 spiro atoms. The van der Waals surface area contributed by atoms with E-state index in [9.17, 15) is 5.11 Å². The summed E-state index contributed by atoms with van der Waals surface area (Å²) in [6, 6.07) is 69.7. The number of hydrogen-bond donors (Lipinski definition) is 1. The summed E-state index contributed by atoms with van der Waals surface area (Å²) in [4.78, 5) is 0. The molecule has 0 radical (unpaired) electrons. The lowest BCUT2D eigenvalue weighted by Crippen LogP contribution is -2.78. The average molecular weight is 625 g/mol. The average Bonchev–Trinajstić information content (AvgIpc) is 3.13. The van der Waals surface area contributed by atoms with Crippen LogP contribution in [0.5, 0.6) is 5.75 Å². The smallest absolute Gasteiger partial charge is 0.183 e.